The topological polar surface area (TPSA) is 65.1 Å². The van der Waals surface area contributed by atoms with Gasteiger partial charge in [0.2, 0.25) is 11.5 Å². The van der Waals surface area contributed by atoms with Gasteiger partial charge in [0.15, 0.2) is 23.0 Å². The number of ether oxygens (including phenoxy) is 6. The van der Waals surface area contributed by atoms with Gasteiger partial charge in [-0.25, -0.2) is 0 Å². The minimum absolute atomic E-state index is 0.0504. The first-order chi connectivity index (χ1) is 19.4. The second-order valence-corrected chi connectivity index (χ2v) is 9.87. The lowest BCUT2D eigenvalue weighted by Gasteiger charge is -2.31. The molecule has 1 fully saturated rings. The Kier molecular flexibility index (Phi) is 9.50. The third-order valence-corrected chi connectivity index (χ3v) is 7.29. The normalized spacial score (nSPS) is 14.2. The number of hydrogen-bond donors (Lipinski definition) is 0. The number of nitrogens with zero attached hydrogens (tertiary/aromatic N) is 3. The van der Waals surface area contributed by atoms with E-state index in [1.165, 1.54) is 5.56 Å². The van der Waals surface area contributed by atoms with Gasteiger partial charge >= 0.3 is 0 Å². The largest absolute Gasteiger partial charge is 0.493 e. The molecule has 0 unspecified atom stereocenters. The third kappa shape index (κ3) is 6.00. The van der Waals surface area contributed by atoms with E-state index in [2.05, 4.69) is 53.1 Å². The Labute approximate surface area is 237 Å². The van der Waals surface area contributed by atoms with Crippen molar-refractivity contribution in [1.82, 2.24) is 9.80 Å². The molecule has 0 radical (unpaired) electrons. The highest BCUT2D eigenvalue weighted by Gasteiger charge is 2.34. The zero-order chi connectivity index (χ0) is 28.8. The Morgan fingerprint density at radius 1 is 0.600 bits per heavy atom. The van der Waals surface area contributed by atoms with Crippen molar-refractivity contribution >= 4 is 5.69 Å². The minimum Gasteiger partial charge on any atom is -0.493 e. The van der Waals surface area contributed by atoms with Crippen molar-refractivity contribution < 1.29 is 28.4 Å². The van der Waals surface area contributed by atoms with Gasteiger partial charge in [-0.1, -0.05) is 12.1 Å². The van der Waals surface area contributed by atoms with E-state index in [-0.39, 0.29) is 6.17 Å². The predicted octanol–water partition coefficient (Wildman–Crippen LogP) is 4.82. The van der Waals surface area contributed by atoms with E-state index < -0.39 is 0 Å². The van der Waals surface area contributed by atoms with E-state index in [4.69, 9.17) is 28.4 Å². The Bertz CT molecular complexity index is 1160. The van der Waals surface area contributed by atoms with E-state index in [1.54, 1.807) is 42.7 Å². The first-order valence-corrected chi connectivity index (χ1v) is 13.2. The summed E-state index contributed by atoms with van der Waals surface area (Å²) in [5.74, 6) is 3.79. The number of methoxy groups -OCH3 is 6. The van der Waals surface area contributed by atoms with Crippen molar-refractivity contribution in [3.8, 4) is 34.5 Å². The van der Waals surface area contributed by atoms with Crippen LogP contribution < -0.4 is 33.3 Å². The molecule has 0 aliphatic carbocycles. The molecule has 0 N–H and O–H groups in total. The van der Waals surface area contributed by atoms with Crippen LogP contribution in [0.3, 0.4) is 0 Å². The van der Waals surface area contributed by atoms with Gasteiger partial charge in [0, 0.05) is 46.0 Å². The van der Waals surface area contributed by atoms with Crippen LogP contribution in [0.2, 0.25) is 0 Å². The summed E-state index contributed by atoms with van der Waals surface area (Å²) in [7, 11) is 13.9. The summed E-state index contributed by atoms with van der Waals surface area (Å²) in [4.78, 5) is 7.06. The molecule has 0 atom stereocenters. The highest BCUT2D eigenvalue weighted by molar-refractivity contribution is 5.55. The first-order valence-electron chi connectivity index (χ1n) is 13.2. The van der Waals surface area contributed by atoms with Crippen LogP contribution in [0.15, 0.2) is 48.5 Å². The lowest BCUT2D eigenvalue weighted by atomic mass is 10.1. The molecule has 0 bridgehead atoms. The molecule has 0 aromatic heterocycles. The maximum Gasteiger partial charge on any atom is 0.203 e. The quantitative estimate of drug-likeness (QED) is 0.315. The van der Waals surface area contributed by atoms with Crippen LogP contribution in [0.1, 0.15) is 22.9 Å². The minimum atomic E-state index is 0.0504. The maximum atomic E-state index is 5.62. The second kappa shape index (κ2) is 13.0. The fraction of sp³-hybridized carbons (Fsp3) is 0.419. The Hall–Kier alpha value is -3.82. The van der Waals surface area contributed by atoms with Gasteiger partial charge in [0.05, 0.1) is 48.8 Å². The summed E-state index contributed by atoms with van der Waals surface area (Å²) < 4.78 is 33.6. The summed E-state index contributed by atoms with van der Waals surface area (Å²) in [6.07, 6.45) is 0.0504. The van der Waals surface area contributed by atoms with Crippen molar-refractivity contribution in [2.45, 2.75) is 19.3 Å². The molecule has 9 heteroatoms. The lowest BCUT2D eigenvalue weighted by molar-refractivity contribution is 0.125. The van der Waals surface area contributed by atoms with E-state index >= 15 is 0 Å². The molecular weight excluding hydrogens is 510 g/mol. The smallest absolute Gasteiger partial charge is 0.203 e. The van der Waals surface area contributed by atoms with Gasteiger partial charge in [-0.2, -0.15) is 0 Å². The van der Waals surface area contributed by atoms with Gasteiger partial charge in [-0.05, 0) is 53.1 Å². The van der Waals surface area contributed by atoms with Gasteiger partial charge in [-0.15, -0.1) is 0 Å². The number of hydrogen-bond acceptors (Lipinski definition) is 9. The molecule has 0 spiro atoms. The Balaban J connectivity index is 1.69. The van der Waals surface area contributed by atoms with Gasteiger partial charge < -0.3 is 33.3 Å². The van der Waals surface area contributed by atoms with Gasteiger partial charge in [0.1, 0.15) is 0 Å². The number of anilines is 1. The highest BCUT2D eigenvalue weighted by Crippen LogP contribution is 2.42. The molecule has 216 valence electrons. The van der Waals surface area contributed by atoms with Crippen molar-refractivity contribution in [3.63, 3.8) is 0 Å². The van der Waals surface area contributed by atoms with Crippen molar-refractivity contribution in [1.29, 1.82) is 0 Å². The molecule has 0 amide bonds. The lowest BCUT2D eigenvalue weighted by Crippen LogP contribution is -2.30. The Morgan fingerprint density at radius 2 is 0.975 bits per heavy atom. The predicted molar refractivity (Wildman–Crippen MR) is 157 cm³/mol. The second-order valence-electron chi connectivity index (χ2n) is 9.87. The molecule has 4 rings (SSSR count). The van der Waals surface area contributed by atoms with Gasteiger partial charge in [-0.3, -0.25) is 9.80 Å². The molecule has 1 saturated heterocycles. The van der Waals surface area contributed by atoms with Crippen LogP contribution in [0.5, 0.6) is 34.5 Å². The summed E-state index contributed by atoms with van der Waals surface area (Å²) in [5, 5.41) is 0. The Morgan fingerprint density at radius 3 is 1.27 bits per heavy atom. The standard InChI is InChI=1S/C31H41N3O6/c1-32(2)24-11-9-23(10-12-24)31-33(19-21-15-25(35-3)29(39-7)26(16-21)36-4)13-14-34(31)20-22-17-27(37-5)30(40-8)28(18-22)38-6/h9-12,15-18,31H,13-14,19-20H2,1-8H3. The monoisotopic (exact) mass is 551 g/mol. The molecule has 1 heterocycles. The van der Waals surface area contributed by atoms with Crippen molar-refractivity contribution in [2.24, 2.45) is 0 Å². The van der Waals surface area contributed by atoms with Crippen LogP contribution in [0, 0.1) is 0 Å². The van der Waals surface area contributed by atoms with E-state index in [0.29, 0.717) is 47.6 Å². The highest BCUT2D eigenvalue weighted by atomic mass is 16.5. The van der Waals surface area contributed by atoms with Crippen LogP contribution in [0.4, 0.5) is 5.69 Å². The molecule has 1 aliphatic rings. The van der Waals surface area contributed by atoms with Crippen LogP contribution in [-0.2, 0) is 13.1 Å². The number of benzene rings is 3. The van der Waals surface area contributed by atoms with Crippen LogP contribution in [0.25, 0.3) is 0 Å². The van der Waals surface area contributed by atoms with Gasteiger partial charge in [0.25, 0.3) is 0 Å². The third-order valence-electron chi connectivity index (χ3n) is 7.29. The molecule has 1 aliphatic heterocycles. The molecule has 40 heavy (non-hydrogen) atoms. The number of rotatable bonds is 12. The van der Waals surface area contributed by atoms with Crippen LogP contribution >= 0.6 is 0 Å². The van der Waals surface area contributed by atoms with Crippen molar-refractivity contribution in [2.75, 3.05) is 74.7 Å². The maximum absolute atomic E-state index is 5.62. The van der Waals surface area contributed by atoms with Crippen molar-refractivity contribution in [3.05, 3.63) is 65.2 Å². The molecule has 9 nitrogen and oxygen atoms in total. The average molecular weight is 552 g/mol. The summed E-state index contributed by atoms with van der Waals surface area (Å²) in [6, 6.07) is 16.9. The fourth-order valence-electron chi connectivity index (χ4n) is 5.35. The molecular formula is C31H41N3O6. The summed E-state index contributed by atoms with van der Waals surface area (Å²) >= 11 is 0. The van der Waals surface area contributed by atoms with E-state index in [1.807, 2.05) is 24.3 Å². The van der Waals surface area contributed by atoms with E-state index in [9.17, 15) is 0 Å². The van der Waals surface area contributed by atoms with Crippen LogP contribution in [-0.4, -0.2) is 79.6 Å². The van der Waals surface area contributed by atoms with E-state index in [0.717, 1.165) is 29.9 Å². The zero-order valence-electron chi connectivity index (χ0n) is 24.8. The molecule has 0 saturated carbocycles. The summed E-state index contributed by atoms with van der Waals surface area (Å²) in [6.45, 7) is 3.20. The zero-order valence-corrected chi connectivity index (χ0v) is 24.8. The SMILES string of the molecule is COc1cc(CN2CCN(Cc3cc(OC)c(OC)c(OC)c3)C2c2ccc(N(C)C)cc2)cc(OC)c1OC. The fourth-order valence-corrected chi connectivity index (χ4v) is 5.35. The first kappa shape index (κ1) is 29.2. The molecule has 3 aromatic rings. The average Bonchev–Trinajstić information content (AvgIpc) is 3.37. The summed E-state index contributed by atoms with van der Waals surface area (Å²) in [5.41, 5.74) is 4.55. The molecule has 3 aromatic carbocycles.